The van der Waals surface area contributed by atoms with E-state index in [4.69, 9.17) is 4.74 Å². The molecule has 2 amide bonds. The molecular weight excluding hydrogens is 358 g/mol. The third-order valence-electron chi connectivity index (χ3n) is 5.84. The van der Waals surface area contributed by atoms with Gasteiger partial charge in [0.2, 0.25) is 5.91 Å². The average Bonchev–Trinajstić information content (AvgIpc) is 3.14. The van der Waals surface area contributed by atoms with Crippen LogP contribution in [0.2, 0.25) is 0 Å². The molecule has 3 aliphatic rings. The lowest BCUT2D eigenvalue weighted by atomic mass is 9.98. The van der Waals surface area contributed by atoms with Crippen molar-refractivity contribution in [1.82, 2.24) is 14.7 Å². The molecule has 1 aromatic rings. The van der Waals surface area contributed by atoms with E-state index in [1.54, 1.807) is 17.0 Å². The van der Waals surface area contributed by atoms with E-state index in [2.05, 4.69) is 4.90 Å². The van der Waals surface area contributed by atoms with Crippen LogP contribution in [0.3, 0.4) is 0 Å². The number of hydrogen-bond acceptors (Lipinski definition) is 5. The molecule has 28 heavy (non-hydrogen) atoms. The van der Waals surface area contributed by atoms with Crippen molar-refractivity contribution in [2.24, 2.45) is 5.92 Å². The van der Waals surface area contributed by atoms with Crippen molar-refractivity contribution in [2.45, 2.75) is 51.4 Å². The van der Waals surface area contributed by atoms with E-state index in [0.29, 0.717) is 19.1 Å². The van der Waals surface area contributed by atoms with Crippen LogP contribution in [0, 0.1) is 5.92 Å². The van der Waals surface area contributed by atoms with Crippen LogP contribution in [0.15, 0.2) is 24.3 Å². The number of benzene rings is 1. The summed E-state index contributed by atoms with van der Waals surface area (Å²) in [5.74, 6) is 0.360. The summed E-state index contributed by atoms with van der Waals surface area (Å²) in [6.07, 6.45) is 0.686. The largest absolute Gasteiger partial charge is 0.508 e. The van der Waals surface area contributed by atoms with Gasteiger partial charge in [-0.2, -0.15) is 0 Å². The third kappa shape index (κ3) is 3.81. The summed E-state index contributed by atoms with van der Waals surface area (Å²) in [5.41, 5.74) is 0.663. The summed E-state index contributed by atoms with van der Waals surface area (Å²) < 4.78 is 5.36. The molecule has 152 valence electrons. The predicted octanol–water partition coefficient (Wildman–Crippen LogP) is 2.04. The number of aromatic hydroxyl groups is 1. The van der Waals surface area contributed by atoms with Crippen LogP contribution in [0.25, 0.3) is 0 Å². The maximum atomic E-state index is 12.9. The maximum Gasteiger partial charge on any atom is 0.410 e. The van der Waals surface area contributed by atoms with Crippen LogP contribution in [0.1, 0.15) is 32.8 Å². The second kappa shape index (κ2) is 6.95. The molecule has 3 saturated heterocycles. The molecule has 0 saturated carbocycles. The minimum absolute atomic E-state index is 0.0996. The zero-order chi connectivity index (χ0) is 20.1. The SMILES string of the molecule is CC(C)(C)OC(=O)N1CC(C(=O)N2CC3CC2CN3Cc2ccc(O)cc2)C1. The second-order valence-electron chi connectivity index (χ2n) is 9.21. The highest BCUT2D eigenvalue weighted by atomic mass is 16.6. The van der Waals surface area contributed by atoms with Gasteiger partial charge in [0.05, 0.1) is 5.92 Å². The topological polar surface area (TPSA) is 73.3 Å². The van der Waals surface area contributed by atoms with Gasteiger partial charge < -0.3 is 19.6 Å². The van der Waals surface area contributed by atoms with E-state index >= 15 is 0 Å². The van der Waals surface area contributed by atoms with Crippen LogP contribution in [0.5, 0.6) is 5.75 Å². The Bertz CT molecular complexity index is 752. The summed E-state index contributed by atoms with van der Waals surface area (Å²) in [6, 6.07) is 7.99. The van der Waals surface area contributed by atoms with Crippen LogP contribution in [0.4, 0.5) is 4.79 Å². The number of rotatable bonds is 3. The molecule has 1 N–H and O–H groups in total. The number of amides is 2. The van der Waals surface area contributed by atoms with E-state index < -0.39 is 5.60 Å². The second-order valence-corrected chi connectivity index (χ2v) is 9.21. The fourth-order valence-corrected chi connectivity index (χ4v) is 4.39. The fourth-order valence-electron chi connectivity index (χ4n) is 4.39. The van der Waals surface area contributed by atoms with Gasteiger partial charge in [0.25, 0.3) is 0 Å². The minimum Gasteiger partial charge on any atom is -0.508 e. The number of phenolic OH excluding ortho intramolecular Hbond substituents is 1. The molecule has 4 rings (SSSR count). The van der Waals surface area contributed by atoms with Crippen molar-refractivity contribution in [2.75, 3.05) is 26.2 Å². The highest BCUT2D eigenvalue weighted by Crippen LogP contribution is 2.34. The molecule has 2 unspecified atom stereocenters. The number of likely N-dealkylation sites (tertiary alicyclic amines) is 3. The molecule has 3 fully saturated rings. The first-order valence-corrected chi connectivity index (χ1v) is 10.00. The Labute approximate surface area is 165 Å². The van der Waals surface area contributed by atoms with Gasteiger partial charge >= 0.3 is 6.09 Å². The van der Waals surface area contributed by atoms with E-state index in [9.17, 15) is 14.7 Å². The summed E-state index contributed by atoms with van der Waals surface area (Å²) in [5, 5.41) is 9.42. The van der Waals surface area contributed by atoms with E-state index in [0.717, 1.165) is 26.1 Å². The zero-order valence-electron chi connectivity index (χ0n) is 16.8. The van der Waals surface area contributed by atoms with Gasteiger partial charge in [-0.05, 0) is 44.9 Å². The summed E-state index contributed by atoms with van der Waals surface area (Å²) in [7, 11) is 0. The lowest BCUT2D eigenvalue weighted by Crippen LogP contribution is -2.59. The van der Waals surface area contributed by atoms with Gasteiger partial charge in [0.15, 0.2) is 0 Å². The van der Waals surface area contributed by atoms with Crippen molar-refractivity contribution in [3.8, 4) is 5.75 Å². The van der Waals surface area contributed by atoms with Gasteiger partial charge in [-0.15, -0.1) is 0 Å². The van der Waals surface area contributed by atoms with Crippen molar-refractivity contribution < 1.29 is 19.4 Å². The molecule has 0 radical (unpaired) electrons. The Morgan fingerprint density at radius 3 is 2.32 bits per heavy atom. The number of hydrogen-bond donors (Lipinski definition) is 1. The van der Waals surface area contributed by atoms with Gasteiger partial charge in [0.1, 0.15) is 11.4 Å². The Balaban J connectivity index is 1.26. The van der Waals surface area contributed by atoms with E-state index in [1.165, 1.54) is 5.56 Å². The average molecular weight is 387 g/mol. The predicted molar refractivity (Wildman–Crippen MR) is 104 cm³/mol. The molecule has 3 aliphatic heterocycles. The van der Waals surface area contributed by atoms with Crippen molar-refractivity contribution in [1.29, 1.82) is 0 Å². The standard InChI is InChI=1S/C21H29N3O4/c1-21(2,3)28-20(27)23-10-15(11-23)19(26)24-13-16-8-17(24)12-22(16)9-14-4-6-18(25)7-5-14/h4-7,15-17,25H,8-13H2,1-3H3. The monoisotopic (exact) mass is 387 g/mol. The van der Waals surface area contributed by atoms with Crippen LogP contribution < -0.4 is 0 Å². The fraction of sp³-hybridized carbons (Fsp3) is 0.619. The third-order valence-corrected chi connectivity index (χ3v) is 5.84. The molecule has 2 atom stereocenters. The normalized spacial score (nSPS) is 25.1. The highest BCUT2D eigenvalue weighted by Gasteiger charge is 2.48. The number of carbonyl (C=O) groups is 2. The van der Waals surface area contributed by atoms with Crippen molar-refractivity contribution in [3.63, 3.8) is 0 Å². The smallest absolute Gasteiger partial charge is 0.410 e. The van der Waals surface area contributed by atoms with E-state index in [1.807, 2.05) is 37.8 Å². The molecule has 3 heterocycles. The molecular formula is C21H29N3O4. The molecule has 0 spiro atoms. The molecule has 7 heteroatoms. The number of carbonyl (C=O) groups excluding carboxylic acids is 2. The molecule has 2 bridgehead atoms. The molecule has 1 aromatic carbocycles. The minimum atomic E-state index is -0.513. The Morgan fingerprint density at radius 2 is 1.75 bits per heavy atom. The van der Waals surface area contributed by atoms with Gasteiger partial charge in [-0.3, -0.25) is 9.69 Å². The number of ether oxygens (including phenoxy) is 1. The number of piperazine rings is 1. The lowest BCUT2D eigenvalue weighted by Gasteiger charge is -2.42. The van der Waals surface area contributed by atoms with Crippen LogP contribution >= 0.6 is 0 Å². The summed E-state index contributed by atoms with van der Waals surface area (Å²) in [4.78, 5) is 31.0. The Hall–Kier alpha value is -2.28. The van der Waals surface area contributed by atoms with Crippen molar-refractivity contribution >= 4 is 12.0 Å². The van der Waals surface area contributed by atoms with Crippen LogP contribution in [-0.2, 0) is 16.1 Å². The molecule has 7 nitrogen and oxygen atoms in total. The Morgan fingerprint density at radius 1 is 1.07 bits per heavy atom. The highest BCUT2D eigenvalue weighted by molar-refractivity contribution is 5.83. The zero-order valence-corrected chi connectivity index (χ0v) is 16.8. The lowest BCUT2D eigenvalue weighted by molar-refractivity contribution is -0.143. The van der Waals surface area contributed by atoms with Gasteiger partial charge in [-0.25, -0.2) is 4.79 Å². The summed E-state index contributed by atoms with van der Waals surface area (Å²) in [6.45, 7) is 8.95. The number of phenols is 1. The quantitative estimate of drug-likeness (QED) is 0.859. The number of nitrogens with zero attached hydrogens (tertiary/aromatic N) is 3. The molecule has 0 aliphatic carbocycles. The molecule has 0 aromatic heterocycles. The van der Waals surface area contributed by atoms with Gasteiger partial charge in [0, 0.05) is 44.8 Å². The number of fused-ring (bicyclic) bond motifs is 2. The first-order valence-electron chi connectivity index (χ1n) is 10.00. The first kappa shape index (κ1) is 19.1. The summed E-state index contributed by atoms with van der Waals surface area (Å²) >= 11 is 0. The van der Waals surface area contributed by atoms with Crippen molar-refractivity contribution in [3.05, 3.63) is 29.8 Å². The van der Waals surface area contributed by atoms with Gasteiger partial charge in [-0.1, -0.05) is 12.1 Å². The maximum absolute atomic E-state index is 12.9. The first-order chi connectivity index (χ1) is 13.2. The van der Waals surface area contributed by atoms with Crippen LogP contribution in [-0.4, -0.2) is 75.7 Å². The van der Waals surface area contributed by atoms with E-state index in [-0.39, 0.29) is 29.7 Å². The Kier molecular flexibility index (Phi) is 4.73.